The van der Waals surface area contributed by atoms with Gasteiger partial charge in [0, 0.05) is 17.8 Å². The molecular weight excluding hydrogens is 482 g/mol. The number of nitrogens with zero attached hydrogens (tertiary/aromatic N) is 1. The lowest BCUT2D eigenvalue weighted by Gasteiger charge is -2.19. The monoisotopic (exact) mass is 509 g/mol. The summed E-state index contributed by atoms with van der Waals surface area (Å²) in [5.74, 6) is 0.359. The molecule has 0 saturated carbocycles. The Morgan fingerprint density at radius 2 is 1.74 bits per heavy atom. The van der Waals surface area contributed by atoms with Crippen LogP contribution in [0.3, 0.4) is 0 Å². The van der Waals surface area contributed by atoms with Gasteiger partial charge in [-0.15, -0.1) is 0 Å². The number of carbonyl (C=O) groups excluding carboxylic acids is 1. The van der Waals surface area contributed by atoms with Crippen molar-refractivity contribution in [3.8, 4) is 5.75 Å². The summed E-state index contributed by atoms with van der Waals surface area (Å²) >= 11 is 5.25. The highest BCUT2D eigenvalue weighted by Gasteiger charge is 2.30. The van der Waals surface area contributed by atoms with Crippen molar-refractivity contribution in [2.24, 2.45) is 0 Å². The predicted molar refractivity (Wildman–Crippen MR) is 142 cm³/mol. The highest BCUT2D eigenvalue weighted by atomic mass is 32.2. The Balaban J connectivity index is 1.35. The summed E-state index contributed by atoms with van der Waals surface area (Å²) in [5, 5.41) is 5.66. The van der Waals surface area contributed by atoms with Crippen LogP contribution in [0.2, 0.25) is 0 Å². The molecular formula is C26H27N3O4S2. The van der Waals surface area contributed by atoms with Gasteiger partial charge < -0.3 is 10.1 Å². The van der Waals surface area contributed by atoms with Gasteiger partial charge in [-0.3, -0.25) is 14.4 Å². The number of thiocarbonyl (C=S) groups is 1. The zero-order valence-corrected chi connectivity index (χ0v) is 21.0. The van der Waals surface area contributed by atoms with Gasteiger partial charge in [-0.05, 0) is 85.2 Å². The number of hydrogen-bond donors (Lipinski definition) is 2. The Bertz CT molecular complexity index is 1310. The maximum absolute atomic E-state index is 13.1. The Morgan fingerprint density at radius 3 is 2.46 bits per heavy atom. The number of fused-ring (bicyclic) bond motifs is 1. The Labute approximate surface area is 211 Å². The maximum Gasteiger partial charge on any atom is 0.264 e. The van der Waals surface area contributed by atoms with E-state index in [1.165, 1.54) is 16.4 Å². The summed E-state index contributed by atoms with van der Waals surface area (Å²) < 4.78 is 33.3. The van der Waals surface area contributed by atoms with Crippen molar-refractivity contribution in [1.82, 2.24) is 5.32 Å². The normalized spacial score (nSPS) is 12.7. The summed E-state index contributed by atoms with van der Waals surface area (Å²) in [6.07, 6.45) is 2.72. The Morgan fingerprint density at radius 1 is 1.03 bits per heavy atom. The SMILES string of the molecule is CCCCOc1ccc(C(=O)NC(=S)Nc2ccc(S(=O)(=O)N3CCc4ccccc43)cc2)cc1. The highest BCUT2D eigenvalue weighted by molar-refractivity contribution is 7.92. The lowest BCUT2D eigenvalue weighted by atomic mass is 10.2. The van der Waals surface area contributed by atoms with Crippen molar-refractivity contribution in [2.45, 2.75) is 31.1 Å². The molecule has 0 unspecified atom stereocenters. The lowest BCUT2D eigenvalue weighted by molar-refractivity contribution is 0.0977. The fraction of sp³-hybridized carbons (Fsp3) is 0.231. The zero-order valence-electron chi connectivity index (χ0n) is 19.4. The fourth-order valence-electron chi connectivity index (χ4n) is 3.77. The van der Waals surface area contributed by atoms with Gasteiger partial charge in [0.05, 0.1) is 17.2 Å². The van der Waals surface area contributed by atoms with Crippen LogP contribution in [0.15, 0.2) is 77.7 Å². The third kappa shape index (κ3) is 5.80. The molecule has 1 heterocycles. The van der Waals surface area contributed by atoms with E-state index in [0.29, 0.717) is 36.6 Å². The largest absolute Gasteiger partial charge is 0.494 e. The first kappa shape index (κ1) is 24.7. The number of carbonyl (C=O) groups is 1. The van der Waals surface area contributed by atoms with Crippen LogP contribution < -0.4 is 19.7 Å². The van der Waals surface area contributed by atoms with E-state index in [1.54, 1.807) is 36.4 Å². The molecule has 3 aromatic carbocycles. The molecule has 0 atom stereocenters. The molecule has 1 aliphatic rings. The minimum absolute atomic E-state index is 0.113. The second-order valence-electron chi connectivity index (χ2n) is 8.11. The molecule has 9 heteroatoms. The number of unbranched alkanes of at least 4 members (excludes halogenated alkanes) is 1. The van der Waals surface area contributed by atoms with Gasteiger partial charge >= 0.3 is 0 Å². The van der Waals surface area contributed by atoms with E-state index in [0.717, 1.165) is 24.1 Å². The Hall–Kier alpha value is -3.43. The number of para-hydroxylation sites is 1. The predicted octanol–water partition coefficient (Wildman–Crippen LogP) is 4.74. The van der Waals surface area contributed by atoms with E-state index in [9.17, 15) is 13.2 Å². The third-order valence-corrected chi connectivity index (χ3v) is 7.69. The molecule has 2 N–H and O–H groups in total. The second kappa shape index (κ2) is 10.9. The molecule has 182 valence electrons. The van der Waals surface area contributed by atoms with Crippen LogP contribution in [-0.2, 0) is 16.4 Å². The first-order valence-corrected chi connectivity index (χ1v) is 13.3. The van der Waals surface area contributed by atoms with Crippen LogP contribution >= 0.6 is 12.2 Å². The number of rotatable bonds is 8. The molecule has 7 nitrogen and oxygen atoms in total. The van der Waals surface area contributed by atoms with E-state index in [-0.39, 0.29) is 15.9 Å². The number of ether oxygens (including phenoxy) is 1. The van der Waals surface area contributed by atoms with Crippen molar-refractivity contribution in [3.63, 3.8) is 0 Å². The molecule has 0 radical (unpaired) electrons. The summed E-state index contributed by atoms with van der Waals surface area (Å²) in [7, 11) is -3.67. The fourth-order valence-corrected chi connectivity index (χ4v) is 5.48. The molecule has 0 aromatic heterocycles. The van der Waals surface area contributed by atoms with Crippen LogP contribution in [0.1, 0.15) is 35.7 Å². The van der Waals surface area contributed by atoms with Crippen molar-refractivity contribution in [1.29, 1.82) is 0 Å². The summed E-state index contributed by atoms with van der Waals surface area (Å²) in [5.41, 5.74) is 2.76. The van der Waals surface area contributed by atoms with Crippen molar-refractivity contribution in [2.75, 3.05) is 22.8 Å². The van der Waals surface area contributed by atoms with Crippen molar-refractivity contribution in [3.05, 3.63) is 83.9 Å². The molecule has 0 aliphatic carbocycles. The van der Waals surface area contributed by atoms with Gasteiger partial charge in [0.25, 0.3) is 15.9 Å². The average molecular weight is 510 g/mol. The van der Waals surface area contributed by atoms with E-state index < -0.39 is 10.0 Å². The number of nitrogens with one attached hydrogen (secondary N) is 2. The van der Waals surface area contributed by atoms with Crippen molar-refractivity contribution >= 4 is 44.6 Å². The summed E-state index contributed by atoms with van der Waals surface area (Å²) in [4.78, 5) is 12.7. The highest BCUT2D eigenvalue weighted by Crippen LogP contribution is 2.32. The number of anilines is 2. The van der Waals surface area contributed by atoms with Gasteiger partial charge in [-0.1, -0.05) is 31.5 Å². The molecule has 0 bridgehead atoms. The number of benzene rings is 3. The molecule has 35 heavy (non-hydrogen) atoms. The molecule has 3 aromatic rings. The zero-order chi connectivity index (χ0) is 24.8. The van der Waals surface area contributed by atoms with Gasteiger partial charge in [-0.25, -0.2) is 8.42 Å². The first-order valence-electron chi connectivity index (χ1n) is 11.4. The summed E-state index contributed by atoms with van der Waals surface area (Å²) in [6, 6.07) is 20.7. The number of hydrogen-bond acceptors (Lipinski definition) is 5. The average Bonchev–Trinajstić information content (AvgIpc) is 3.30. The quantitative estimate of drug-likeness (QED) is 0.337. The smallest absolute Gasteiger partial charge is 0.264 e. The van der Waals surface area contributed by atoms with Gasteiger partial charge in [0.1, 0.15) is 5.75 Å². The van der Waals surface area contributed by atoms with Crippen LogP contribution in [0.4, 0.5) is 11.4 Å². The first-order chi connectivity index (χ1) is 16.9. The van der Waals surface area contributed by atoms with Crippen LogP contribution in [0, 0.1) is 0 Å². The van der Waals surface area contributed by atoms with E-state index in [1.807, 2.05) is 24.3 Å². The van der Waals surface area contributed by atoms with Gasteiger partial charge in [0.15, 0.2) is 5.11 Å². The molecule has 0 saturated heterocycles. The summed E-state index contributed by atoms with van der Waals surface area (Å²) in [6.45, 7) is 3.16. The molecule has 0 spiro atoms. The maximum atomic E-state index is 13.1. The lowest BCUT2D eigenvalue weighted by Crippen LogP contribution is -2.34. The van der Waals surface area contributed by atoms with E-state index in [4.69, 9.17) is 17.0 Å². The molecule has 0 fully saturated rings. The van der Waals surface area contributed by atoms with E-state index >= 15 is 0 Å². The standard InChI is InChI=1S/C26H27N3O4S2/c1-2-3-18-33-22-12-8-20(9-13-22)25(30)28-26(34)27-21-10-14-23(15-11-21)35(31,32)29-17-16-19-6-4-5-7-24(19)29/h4-15H,2-3,16-18H2,1H3,(H2,27,28,30,34). The van der Waals surface area contributed by atoms with Gasteiger partial charge in [0.2, 0.25) is 0 Å². The minimum atomic E-state index is -3.67. The minimum Gasteiger partial charge on any atom is -0.494 e. The molecule has 1 aliphatic heterocycles. The number of sulfonamides is 1. The molecule has 1 amide bonds. The number of amides is 1. The van der Waals surface area contributed by atoms with Crippen molar-refractivity contribution < 1.29 is 17.9 Å². The third-order valence-electron chi connectivity index (χ3n) is 5.65. The van der Waals surface area contributed by atoms with Crippen LogP contribution in [-0.4, -0.2) is 32.6 Å². The van der Waals surface area contributed by atoms with Crippen LogP contribution in [0.5, 0.6) is 5.75 Å². The van der Waals surface area contributed by atoms with Gasteiger partial charge in [-0.2, -0.15) is 0 Å². The Kier molecular flexibility index (Phi) is 7.67. The topological polar surface area (TPSA) is 87.7 Å². The molecule has 4 rings (SSSR count). The second-order valence-corrected chi connectivity index (χ2v) is 10.4. The van der Waals surface area contributed by atoms with E-state index in [2.05, 4.69) is 17.6 Å². The van der Waals surface area contributed by atoms with Crippen LogP contribution in [0.25, 0.3) is 0 Å².